The smallest absolute Gasteiger partial charge is 0.403 e. The molecule has 12 heavy (non-hydrogen) atoms. The number of hydrogen-bond acceptors (Lipinski definition) is 2. The van der Waals surface area contributed by atoms with Crippen molar-refractivity contribution in [1.82, 2.24) is 0 Å². The molecule has 0 amide bonds. The Morgan fingerprint density at radius 2 is 1.08 bits per heavy atom. The van der Waals surface area contributed by atoms with Crippen LogP contribution in [0, 0.1) is 0 Å². The summed E-state index contributed by atoms with van der Waals surface area (Å²) < 4.78 is 11.1. The molecule has 0 aromatic heterocycles. The molecule has 1 aliphatic rings. The average Bonchev–Trinajstić information content (AvgIpc) is 1.73. The highest BCUT2D eigenvalue weighted by Crippen LogP contribution is 2.36. The standard InChI is InChI=1S/C7H15BO2.2CH4/c1-6(2)7(3,4)10-8(5)9-6;;/h1-5H3;2*1H4. The fraction of sp³-hybridized carbons (Fsp3) is 1.00. The topological polar surface area (TPSA) is 18.5 Å². The van der Waals surface area contributed by atoms with E-state index in [1.165, 1.54) is 0 Å². The molecule has 0 spiro atoms. The normalized spacial score (nSPS) is 24.2. The van der Waals surface area contributed by atoms with Gasteiger partial charge in [0.2, 0.25) is 0 Å². The van der Waals surface area contributed by atoms with Crippen molar-refractivity contribution < 1.29 is 9.31 Å². The van der Waals surface area contributed by atoms with Crippen molar-refractivity contribution >= 4 is 7.12 Å². The largest absolute Gasteiger partial charge is 0.454 e. The zero-order valence-electron chi connectivity index (χ0n) is 7.39. The van der Waals surface area contributed by atoms with E-state index in [1.807, 2.05) is 6.82 Å². The zero-order valence-corrected chi connectivity index (χ0v) is 7.39. The van der Waals surface area contributed by atoms with Crippen molar-refractivity contribution in [3.8, 4) is 0 Å². The molecular formula is C9H23BO2. The molecule has 1 heterocycles. The SMILES string of the molecule is C.C.CB1OC(C)(C)C(C)(C)O1. The summed E-state index contributed by atoms with van der Waals surface area (Å²) in [6.45, 7) is 10.1. The van der Waals surface area contributed by atoms with Crippen LogP contribution in [0.25, 0.3) is 0 Å². The van der Waals surface area contributed by atoms with Crippen LogP contribution in [0.15, 0.2) is 0 Å². The van der Waals surface area contributed by atoms with Gasteiger partial charge in [-0.2, -0.15) is 0 Å². The van der Waals surface area contributed by atoms with Crippen LogP contribution < -0.4 is 0 Å². The first-order valence-corrected chi connectivity index (χ1v) is 3.71. The van der Waals surface area contributed by atoms with Gasteiger partial charge in [-0.1, -0.05) is 14.9 Å². The Balaban J connectivity index is 0. The molecule has 0 aromatic rings. The Kier molecular flexibility index (Phi) is 4.59. The Morgan fingerprint density at radius 1 is 0.833 bits per heavy atom. The highest BCUT2D eigenvalue weighted by Gasteiger charge is 2.48. The van der Waals surface area contributed by atoms with E-state index in [-0.39, 0.29) is 33.2 Å². The number of hydrogen-bond donors (Lipinski definition) is 0. The molecule has 3 heteroatoms. The van der Waals surface area contributed by atoms with Gasteiger partial charge in [-0.3, -0.25) is 0 Å². The lowest BCUT2D eigenvalue weighted by Gasteiger charge is -2.32. The Hall–Kier alpha value is -0.0151. The molecule has 1 rings (SSSR count). The van der Waals surface area contributed by atoms with Crippen molar-refractivity contribution in [2.75, 3.05) is 0 Å². The molecule has 1 fully saturated rings. The molecule has 0 radical (unpaired) electrons. The second-order valence-electron chi connectivity index (χ2n) is 3.82. The monoisotopic (exact) mass is 174 g/mol. The van der Waals surface area contributed by atoms with E-state index in [2.05, 4.69) is 27.7 Å². The summed E-state index contributed by atoms with van der Waals surface area (Å²) >= 11 is 0. The van der Waals surface area contributed by atoms with Gasteiger partial charge in [0, 0.05) is 0 Å². The maximum absolute atomic E-state index is 5.54. The van der Waals surface area contributed by atoms with Crippen molar-refractivity contribution in [1.29, 1.82) is 0 Å². The maximum atomic E-state index is 5.54. The summed E-state index contributed by atoms with van der Waals surface area (Å²) in [5.74, 6) is 0. The van der Waals surface area contributed by atoms with Crippen molar-refractivity contribution in [2.24, 2.45) is 0 Å². The predicted octanol–water partition coefficient (Wildman–Crippen LogP) is 2.98. The van der Waals surface area contributed by atoms with Gasteiger partial charge in [0.05, 0.1) is 11.2 Å². The third-order valence-corrected chi connectivity index (χ3v) is 2.37. The second-order valence-corrected chi connectivity index (χ2v) is 3.82. The van der Waals surface area contributed by atoms with E-state index in [0.717, 1.165) is 0 Å². The van der Waals surface area contributed by atoms with E-state index in [4.69, 9.17) is 9.31 Å². The molecule has 0 aromatic carbocycles. The third-order valence-electron chi connectivity index (χ3n) is 2.37. The third kappa shape index (κ3) is 2.24. The summed E-state index contributed by atoms with van der Waals surface area (Å²) in [6.07, 6.45) is 0. The fourth-order valence-corrected chi connectivity index (χ4v) is 1.14. The molecule has 0 unspecified atom stereocenters. The fourth-order valence-electron chi connectivity index (χ4n) is 1.14. The van der Waals surface area contributed by atoms with Gasteiger partial charge in [-0.25, -0.2) is 0 Å². The molecule has 0 saturated carbocycles. The van der Waals surface area contributed by atoms with Crippen LogP contribution in [-0.4, -0.2) is 18.3 Å². The van der Waals surface area contributed by atoms with Gasteiger partial charge in [0.15, 0.2) is 0 Å². The second kappa shape index (κ2) is 3.80. The molecule has 0 atom stereocenters. The molecule has 0 N–H and O–H groups in total. The zero-order chi connectivity index (χ0) is 7.99. The van der Waals surface area contributed by atoms with Gasteiger partial charge in [-0.05, 0) is 34.5 Å². The van der Waals surface area contributed by atoms with Crippen molar-refractivity contribution in [2.45, 2.75) is 60.6 Å². The minimum absolute atomic E-state index is 0. The molecular weight excluding hydrogens is 151 g/mol. The Morgan fingerprint density at radius 3 is 1.17 bits per heavy atom. The van der Waals surface area contributed by atoms with E-state index in [9.17, 15) is 0 Å². The van der Waals surface area contributed by atoms with Crippen molar-refractivity contribution in [3.63, 3.8) is 0 Å². The Bertz CT molecular complexity index is 127. The highest BCUT2D eigenvalue weighted by molar-refractivity contribution is 6.43. The molecule has 0 bridgehead atoms. The molecule has 1 saturated heterocycles. The first-order valence-electron chi connectivity index (χ1n) is 3.71. The predicted molar refractivity (Wildman–Crippen MR) is 55.4 cm³/mol. The van der Waals surface area contributed by atoms with Gasteiger partial charge in [0.25, 0.3) is 0 Å². The van der Waals surface area contributed by atoms with E-state index in [1.54, 1.807) is 0 Å². The van der Waals surface area contributed by atoms with Gasteiger partial charge in [0.1, 0.15) is 0 Å². The lowest BCUT2D eigenvalue weighted by molar-refractivity contribution is 0.00578. The molecule has 74 valence electrons. The Labute approximate surface area is 77.8 Å². The van der Waals surface area contributed by atoms with E-state index in [0.29, 0.717) is 0 Å². The quantitative estimate of drug-likeness (QED) is 0.525. The average molecular weight is 174 g/mol. The molecule has 0 aliphatic carbocycles. The van der Waals surface area contributed by atoms with Crippen LogP contribution in [0.2, 0.25) is 6.82 Å². The summed E-state index contributed by atoms with van der Waals surface area (Å²) in [6, 6.07) is 0. The van der Waals surface area contributed by atoms with Gasteiger partial charge in [-0.15, -0.1) is 0 Å². The first-order chi connectivity index (χ1) is 4.35. The van der Waals surface area contributed by atoms with Crippen LogP contribution in [0.5, 0.6) is 0 Å². The van der Waals surface area contributed by atoms with E-state index >= 15 is 0 Å². The summed E-state index contributed by atoms with van der Waals surface area (Å²) in [7, 11) is -0.0648. The van der Waals surface area contributed by atoms with Gasteiger partial charge < -0.3 is 9.31 Å². The van der Waals surface area contributed by atoms with Crippen LogP contribution in [0.4, 0.5) is 0 Å². The highest BCUT2D eigenvalue weighted by atomic mass is 16.7. The first kappa shape index (κ1) is 14.5. The van der Waals surface area contributed by atoms with Crippen LogP contribution in [0.1, 0.15) is 42.5 Å². The number of rotatable bonds is 0. The van der Waals surface area contributed by atoms with E-state index < -0.39 is 0 Å². The van der Waals surface area contributed by atoms with Crippen molar-refractivity contribution in [3.05, 3.63) is 0 Å². The summed E-state index contributed by atoms with van der Waals surface area (Å²) in [5, 5.41) is 0. The lowest BCUT2D eigenvalue weighted by atomic mass is 9.90. The van der Waals surface area contributed by atoms with Crippen LogP contribution in [0.3, 0.4) is 0 Å². The minimum Gasteiger partial charge on any atom is -0.403 e. The van der Waals surface area contributed by atoms with Gasteiger partial charge >= 0.3 is 7.12 Å². The summed E-state index contributed by atoms with van der Waals surface area (Å²) in [5.41, 5.74) is -0.321. The summed E-state index contributed by atoms with van der Waals surface area (Å²) in [4.78, 5) is 0. The maximum Gasteiger partial charge on any atom is 0.454 e. The minimum atomic E-state index is -0.160. The molecule has 1 aliphatic heterocycles. The molecule has 2 nitrogen and oxygen atoms in total. The lowest BCUT2D eigenvalue weighted by Crippen LogP contribution is -2.41. The van der Waals surface area contributed by atoms with Crippen LogP contribution in [-0.2, 0) is 9.31 Å². The van der Waals surface area contributed by atoms with Crippen LogP contribution >= 0.6 is 0 Å².